The van der Waals surface area contributed by atoms with Crippen molar-refractivity contribution in [2.75, 3.05) is 37.3 Å². The summed E-state index contributed by atoms with van der Waals surface area (Å²) in [6.07, 6.45) is -0.867. The van der Waals surface area contributed by atoms with Crippen LogP contribution in [0.15, 0.2) is 41.7 Å². The van der Waals surface area contributed by atoms with Crippen molar-refractivity contribution in [3.63, 3.8) is 0 Å². The van der Waals surface area contributed by atoms with Crippen LogP contribution < -0.4 is 10.2 Å². The highest BCUT2D eigenvalue weighted by atomic mass is 32.2. The van der Waals surface area contributed by atoms with Gasteiger partial charge in [0.1, 0.15) is 0 Å². The van der Waals surface area contributed by atoms with Crippen molar-refractivity contribution in [2.24, 2.45) is 0 Å². The lowest BCUT2D eigenvalue weighted by molar-refractivity contribution is -0.137. The van der Waals surface area contributed by atoms with E-state index in [0.29, 0.717) is 22.1 Å². The van der Waals surface area contributed by atoms with Gasteiger partial charge in [0.2, 0.25) is 0 Å². The third-order valence-electron chi connectivity index (χ3n) is 4.52. The van der Waals surface area contributed by atoms with Crippen LogP contribution in [0, 0.1) is 0 Å². The minimum atomic E-state index is -4.41. The molecule has 4 rings (SSSR count). The third kappa shape index (κ3) is 4.39. The highest BCUT2D eigenvalue weighted by molar-refractivity contribution is 7.98. The molecule has 0 amide bonds. The number of halogens is 3. The molecule has 0 bridgehead atoms. The van der Waals surface area contributed by atoms with Gasteiger partial charge in [-0.1, -0.05) is 35.2 Å². The normalized spacial score (nSPS) is 15.0. The van der Waals surface area contributed by atoms with Crippen molar-refractivity contribution in [1.82, 2.24) is 20.3 Å². The summed E-state index contributed by atoms with van der Waals surface area (Å²) in [4.78, 5) is 16.4. The molecule has 1 aliphatic rings. The zero-order valence-corrected chi connectivity index (χ0v) is 17.2. The number of alkyl halides is 3. The summed E-state index contributed by atoms with van der Waals surface area (Å²) >= 11 is 2.87. The molecule has 152 valence electrons. The molecule has 0 spiro atoms. The molecule has 0 aliphatic carbocycles. The van der Waals surface area contributed by atoms with E-state index in [1.165, 1.54) is 29.2 Å². The second-order valence-corrected chi connectivity index (χ2v) is 8.17. The van der Waals surface area contributed by atoms with Gasteiger partial charge in [-0.25, -0.2) is 15.0 Å². The maximum atomic E-state index is 13.2. The third-order valence-corrected chi connectivity index (χ3v) is 6.22. The smallest absolute Gasteiger partial charge is 0.346 e. The van der Waals surface area contributed by atoms with Gasteiger partial charge in [-0.3, -0.25) is 0 Å². The SMILES string of the molecule is CSc1nccc(-c2sc(N3CCNCC3)nc2-c2cccc(C(F)(F)F)c2)n1. The summed E-state index contributed by atoms with van der Waals surface area (Å²) in [5.41, 5.74) is 0.915. The molecule has 1 fully saturated rings. The zero-order valence-electron chi connectivity index (χ0n) is 15.5. The van der Waals surface area contributed by atoms with Gasteiger partial charge in [0.25, 0.3) is 0 Å². The van der Waals surface area contributed by atoms with Gasteiger partial charge >= 0.3 is 6.18 Å². The molecule has 3 heterocycles. The number of hydrogen-bond donors (Lipinski definition) is 1. The molecule has 3 aromatic rings. The molecule has 2 aromatic heterocycles. The van der Waals surface area contributed by atoms with E-state index in [1.807, 2.05) is 6.26 Å². The quantitative estimate of drug-likeness (QED) is 0.482. The monoisotopic (exact) mass is 437 g/mol. The van der Waals surface area contributed by atoms with Crippen LogP contribution in [-0.4, -0.2) is 47.4 Å². The number of rotatable bonds is 4. The summed E-state index contributed by atoms with van der Waals surface area (Å²) in [7, 11) is 0. The molecule has 1 aliphatic heterocycles. The van der Waals surface area contributed by atoms with Gasteiger partial charge in [0.15, 0.2) is 10.3 Å². The van der Waals surface area contributed by atoms with Gasteiger partial charge in [0, 0.05) is 37.9 Å². The van der Waals surface area contributed by atoms with Crippen LogP contribution >= 0.6 is 23.1 Å². The Morgan fingerprint density at radius 2 is 1.93 bits per heavy atom. The number of thioether (sulfide) groups is 1. The van der Waals surface area contributed by atoms with Crippen molar-refractivity contribution < 1.29 is 13.2 Å². The zero-order chi connectivity index (χ0) is 20.4. The Morgan fingerprint density at radius 1 is 1.14 bits per heavy atom. The standard InChI is InChI=1S/C19H18F3N5S2/c1-28-17-24-6-5-14(25-17)16-15(12-3-2-4-13(11-12)19(20,21)22)26-18(29-16)27-9-7-23-8-10-27/h2-6,11,23H,7-10H2,1H3. The van der Waals surface area contributed by atoms with E-state index in [9.17, 15) is 13.2 Å². The van der Waals surface area contributed by atoms with Crippen LogP contribution in [0.1, 0.15) is 5.56 Å². The number of piperazine rings is 1. The summed E-state index contributed by atoms with van der Waals surface area (Å²) < 4.78 is 39.7. The van der Waals surface area contributed by atoms with Gasteiger partial charge in [-0.15, -0.1) is 0 Å². The number of nitrogens with zero attached hydrogens (tertiary/aromatic N) is 4. The predicted molar refractivity (Wildman–Crippen MR) is 110 cm³/mol. The van der Waals surface area contributed by atoms with Crippen LogP contribution in [0.25, 0.3) is 21.8 Å². The fourth-order valence-corrected chi connectivity index (χ4v) is 4.54. The van der Waals surface area contributed by atoms with Crippen LogP contribution in [0.3, 0.4) is 0 Å². The van der Waals surface area contributed by atoms with Crippen molar-refractivity contribution in [3.05, 3.63) is 42.1 Å². The molecule has 10 heteroatoms. The number of hydrogen-bond acceptors (Lipinski definition) is 7. The second kappa shape index (κ2) is 8.29. The van der Waals surface area contributed by atoms with Crippen LogP contribution in [-0.2, 0) is 6.18 Å². The summed E-state index contributed by atoms with van der Waals surface area (Å²) in [5, 5.41) is 4.69. The van der Waals surface area contributed by atoms with E-state index in [4.69, 9.17) is 4.98 Å². The number of benzene rings is 1. The first kappa shape index (κ1) is 20.1. The van der Waals surface area contributed by atoms with Gasteiger partial charge in [0.05, 0.1) is 21.8 Å². The van der Waals surface area contributed by atoms with Crippen LogP contribution in [0.2, 0.25) is 0 Å². The molecule has 0 radical (unpaired) electrons. The van der Waals surface area contributed by atoms with Crippen molar-refractivity contribution in [3.8, 4) is 21.8 Å². The maximum Gasteiger partial charge on any atom is 0.416 e. The molecule has 0 atom stereocenters. The molecule has 5 nitrogen and oxygen atoms in total. The fraction of sp³-hybridized carbons (Fsp3) is 0.316. The first-order valence-corrected chi connectivity index (χ1v) is 11.0. The Labute approximate surface area is 174 Å². The first-order chi connectivity index (χ1) is 14.0. The summed E-state index contributed by atoms with van der Waals surface area (Å²) in [5.74, 6) is 0. The maximum absolute atomic E-state index is 13.2. The van der Waals surface area contributed by atoms with E-state index in [2.05, 4.69) is 20.2 Å². The largest absolute Gasteiger partial charge is 0.416 e. The number of anilines is 1. The highest BCUT2D eigenvalue weighted by Gasteiger charge is 2.31. The van der Waals surface area contributed by atoms with E-state index in [1.54, 1.807) is 18.3 Å². The Morgan fingerprint density at radius 3 is 2.66 bits per heavy atom. The molecular weight excluding hydrogens is 419 g/mol. The highest BCUT2D eigenvalue weighted by Crippen LogP contribution is 2.41. The molecule has 0 unspecified atom stereocenters. The molecular formula is C19H18F3N5S2. The van der Waals surface area contributed by atoms with Crippen LogP contribution in [0.4, 0.5) is 18.3 Å². The molecule has 29 heavy (non-hydrogen) atoms. The molecule has 1 N–H and O–H groups in total. The van der Waals surface area contributed by atoms with Crippen molar-refractivity contribution in [2.45, 2.75) is 11.3 Å². The van der Waals surface area contributed by atoms with Gasteiger partial charge in [-0.2, -0.15) is 13.2 Å². The van der Waals surface area contributed by atoms with Gasteiger partial charge < -0.3 is 10.2 Å². The second-order valence-electron chi connectivity index (χ2n) is 6.42. The molecule has 1 saturated heterocycles. The van der Waals surface area contributed by atoms with E-state index < -0.39 is 11.7 Å². The Hall–Kier alpha value is -2.17. The lowest BCUT2D eigenvalue weighted by Gasteiger charge is -2.26. The Bertz CT molecular complexity index is 1000. The van der Waals surface area contributed by atoms with E-state index >= 15 is 0 Å². The number of nitrogens with one attached hydrogen (secondary N) is 1. The molecule has 1 aromatic carbocycles. The van der Waals surface area contributed by atoms with E-state index in [0.717, 1.165) is 48.3 Å². The average Bonchev–Trinajstić information content (AvgIpc) is 3.19. The fourth-order valence-electron chi connectivity index (χ4n) is 3.08. The number of aromatic nitrogens is 3. The molecule has 0 saturated carbocycles. The minimum Gasteiger partial charge on any atom is -0.346 e. The lowest BCUT2D eigenvalue weighted by Crippen LogP contribution is -2.43. The predicted octanol–water partition coefficient (Wildman–Crippen LogP) is 4.42. The average molecular weight is 438 g/mol. The number of thiazole rings is 1. The summed E-state index contributed by atoms with van der Waals surface area (Å²) in [6, 6.07) is 7.07. The van der Waals surface area contributed by atoms with Crippen molar-refractivity contribution in [1.29, 1.82) is 0 Å². The van der Waals surface area contributed by atoms with E-state index in [-0.39, 0.29) is 0 Å². The first-order valence-electron chi connectivity index (χ1n) is 8.97. The van der Waals surface area contributed by atoms with Crippen LogP contribution in [0.5, 0.6) is 0 Å². The Kier molecular flexibility index (Phi) is 5.75. The van der Waals surface area contributed by atoms with Crippen molar-refractivity contribution >= 4 is 28.2 Å². The lowest BCUT2D eigenvalue weighted by atomic mass is 10.1. The summed E-state index contributed by atoms with van der Waals surface area (Å²) in [6.45, 7) is 3.29. The topological polar surface area (TPSA) is 53.9 Å². The minimum absolute atomic E-state index is 0.428. The van der Waals surface area contributed by atoms with Gasteiger partial charge in [-0.05, 0) is 24.5 Å². The Balaban J connectivity index is 1.84.